The Bertz CT molecular complexity index is 657. The number of benzene rings is 1. The SMILES string of the molecule is Cc1nn(C)c(CC(=O)C2(c3ccccc3)CC2)c1Cl. The number of rotatable bonds is 4. The number of hydrogen-bond donors (Lipinski definition) is 0. The molecule has 1 aromatic carbocycles. The summed E-state index contributed by atoms with van der Waals surface area (Å²) in [5.41, 5.74) is 2.43. The van der Waals surface area contributed by atoms with E-state index in [0.717, 1.165) is 29.8 Å². The molecule has 0 amide bonds. The highest BCUT2D eigenvalue weighted by Gasteiger charge is 2.50. The summed E-state index contributed by atoms with van der Waals surface area (Å²) in [5, 5.41) is 4.89. The minimum Gasteiger partial charge on any atom is -0.298 e. The van der Waals surface area contributed by atoms with Crippen molar-refractivity contribution in [1.29, 1.82) is 0 Å². The van der Waals surface area contributed by atoms with Crippen molar-refractivity contribution in [3.8, 4) is 0 Å². The fourth-order valence-corrected chi connectivity index (χ4v) is 3.03. The van der Waals surface area contributed by atoms with Gasteiger partial charge in [0.25, 0.3) is 0 Å². The second-order valence-corrected chi connectivity index (χ2v) is 5.90. The lowest BCUT2D eigenvalue weighted by Crippen LogP contribution is -2.23. The lowest BCUT2D eigenvalue weighted by molar-refractivity contribution is -0.120. The van der Waals surface area contributed by atoms with Gasteiger partial charge in [-0.1, -0.05) is 41.9 Å². The Hall–Kier alpha value is -1.61. The van der Waals surface area contributed by atoms with Gasteiger partial charge >= 0.3 is 0 Å². The molecule has 4 heteroatoms. The van der Waals surface area contributed by atoms with E-state index in [1.54, 1.807) is 4.68 Å². The first kappa shape index (κ1) is 13.4. The summed E-state index contributed by atoms with van der Waals surface area (Å²) < 4.78 is 1.72. The number of hydrogen-bond acceptors (Lipinski definition) is 2. The summed E-state index contributed by atoms with van der Waals surface area (Å²) in [6.45, 7) is 1.86. The maximum absolute atomic E-state index is 12.7. The molecule has 3 rings (SSSR count). The van der Waals surface area contributed by atoms with Crippen LogP contribution in [0.2, 0.25) is 5.02 Å². The van der Waals surface area contributed by atoms with Gasteiger partial charge in [0.2, 0.25) is 0 Å². The molecule has 104 valence electrons. The smallest absolute Gasteiger partial charge is 0.149 e. The fraction of sp³-hybridized carbons (Fsp3) is 0.375. The van der Waals surface area contributed by atoms with Gasteiger partial charge in [-0.05, 0) is 25.3 Å². The first-order chi connectivity index (χ1) is 9.54. The lowest BCUT2D eigenvalue weighted by Gasteiger charge is -2.14. The second-order valence-electron chi connectivity index (χ2n) is 5.52. The molecule has 0 N–H and O–H groups in total. The van der Waals surface area contributed by atoms with E-state index in [9.17, 15) is 4.79 Å². The molecule has 20 heavy (non-hydrogen) atoms. The van der Waals surface area contributed by atoms with Crippen LogP contribution in [0.3, 0.4) is 0 Å². The molecule has 0 bridgehead atoms. The van der Waals surface area contributed by atoms with E-state index in [2.05, 4.69) is 5.10 Å². The zero-order chi connectivity index (χ0) is 14.3. The summed E-state index contributed by atoms with van der Waals surface area (Å²) in [6.07, 6.45) is 2.22. The van der Waals surface area contributed by atoms with Crippen LogP contribution < -0.4 is 0 Å². The predicted octanol–water partition coefficient (Wildman–Crippen LogP) is 3.23. The van der Waals surface area contributed by atoms with Crippen LogP contribution in [0, 0.1) is 6.92 Å². The Morgan fingerprint density at radius 2 is 2.00 bits per heavy atom. The maximum Gasteiger partial charge on any atom is 0.149 e. The number of carbonyl (C=O) groups excluding carboxylic acids is 1. The summed E-state index contributed by atoms with van der Waals surface area (Å²) >= 11 is 6.24. The van der Waals surface area contributed by atoms with E-state index in [0.29, 0.717) is 11.4 Å². The summed E-state index contributed by atoms with van der Waals surface area (Å²) in [4.78, 5) is 12.7. The molecule has 1 aliphatic rings. The number of ketones is 1. The minimum absolute atomic E-state index is 0.244. The predicted molar refractivity (Wildman–Crippen MR) is 79.0 cm³/mol. The van der Waals surface area contributed by atoms with Gasteiger partial charge in [-0.15, -0.1) is 0 Å². The average Bonchev–Trinajstić information content (AvgIpc) is 3.22. The van der Waals surface area contributed by atoms with Crippen LogP contribution in [0.1, 0.15) is 29.8 Å². The molecule has 0 atom stereocenters. The quantitative estimate of drug-likeness (QED) is 0.866. The third kappa shape index (κ3) is 2.06. The Morgan fingerprint density at radius 1 is 1.35 bits per heavy atom. The van der Waals surface area contributed by atoms with Crippen molar-refractivity contribution in [2.45, 2.75) is 31.6 Å². The molecule has 3 nitrogen and oxygen atoms in total. The summed E-state index contributed by atoms with van der Waals surface area (Å²) in [6, 6.07) is 10.0. The Kier molecular flexibility index (Phi) is 3.17. The molecule has 0 radical (unpaired) electrons. The fourth-order valence-electron chi connectivity index (χ4n) is 2.80. The second kappa shape index (κ2) is 4.74. The lowest BCUT2D eigenvalue weighted by atomic mass is 9.89. The van der Waals surface area contributed by atoms with Gasteiger partial charge in [0.15, 0.2) is 0 Å². The molecule has 2 aromatic rings. The van der Waals surface area contributed by atoms with E-state index < -0.39 is 0 Å². The molecule has 1 heterocycles. The van der Waals surface area contributed by atoms with Crippen LogP contribution in [-0.4, -0.2) is 15.6 Å². The standard InChI is InChI=1S/C16H17ClN2O/c1-11-15(17)13(19(2)18-11)10-14(20)16(8-9-16)12-6-4-3-5-7-12/h3-7H,8-10H2,1-2H3. The van der Waals surface area contributed by atoms with Crippen LogP contribution in [0.15, 0.2) is 30.3 Å². The molecule has 1 aromatic heterocycles. The number of aryl methyl sites for hydroxylation is 2. The van der Waals surface area contributed by atoms with Gasteiger partial charge in [0.1, 0.15) is 5.78 Å². The van der Waals surface area contributed by atoms with Crippen LogP contribution in [0.4, 0.5) is 0 Å². The third-order valence-corrected chi connectivity index (χ3v) is 4.69. The molecular weight excluding hydrogens is 272 g/mol. The van der Waals surface area contributed by atoms with Gasteiger partial charge < -0.3 is 0 Å². The first-order valence-electron chi connectivity index (χ1n) is 6.81. The van der Waals surface area contributed by atoms with Gasteiger partial charge in [-0.2, -0.15) is 5.10 Å². The van der Waals surface area contributed by atoms with Gasteiger partial charge in [-0.25, -0.2) is 0 Å². The van der Waals surface area contributed by atoms with Crippen LogP contribution in [0.5, 0.6) is 0 Å². The highest BCUT2D eigenvalue weighted by atomic mass is 35.5. The van der Waals surface area contributed by atoms with Crippen molar-refractivity contribution < 1.29 is 4.79 Å². The number of Topliss-reactive ketones (excluding diaryl/α,β-unsaturated/α-hetero) is 1. The number of carbonyl (C=O) groups is 1. The minimum atomic E-state index is -0.289. The molecule has 1 aliphatic carbocycles. The van der Waals surface area contributed by atoms with Crippen LogP contribution in [-0.2, 0) is 23.7 Å². The van der Waals surface area contributed by atoms with Gasteiger partial charge in [0, 0.05) is 7.05 Å². The Labute approximate surface area is 123 Å². The maximum atomic E-state index is 12.7. The van der Waals surface area contributed by atoms with Crippen molar-refractivity contribution >= 4 is 17.4 Å². The first-order valence-corrected chi connectivity index (χ1v) is 7.19. The normalized spacial score (nSPS) is 16.1. The van der Waals surface area contributed by atoms with E-state index in [1.165, 1.54) is 0 Å². The zero-order valence-electron chi connectivity index (χ0n) is 11.7. The Balaban J connectivity index is 1.87. The molecule has 1 fully saturated rings. The molecule has 0 spiro atoms. The molecule has 1 saturated carbocycles. The third-order valence-electron chi connectivity index (χ3n) is 4.20. The monoisotopic (exact) mass is 288 g/mol. The summed E-state index contributed by atoms with van der Waals surface area (Å²) in [5.74, 6) is 0.244. The van der Waals surface area contributed by atoms with Crippen molar-refractivity contribution in [2.75, 3.05) is 0 Å². The van der Waals surface area contributed by atoms with E-state index in [1.807, 2.05) is 44.3 Å². The van der Waals surface area contributed by atoms with Gasteiger partial charge in [-0.3, -0.25) is 9.48 Å². The van der Waals surface area contributed by atoms with Crippen molar-refractivity contribution in [2.24, 2.45) is 7.05 Å². The van der Waals surface area contributed by atoms with Crippen LogP contribution in [0.25, 0.3) is 0 Å². The van der Waals surface area contributed by atoms with E-state index in [-0.39, 0.29) is 11.2 Å². The highest BCUT2D eigenvalue weighted by Crippen LogP contribution is 2.49. The largest absolute Gasteiger partial charge is 0.298 e. The topological polar surface area (TPSA) is 34.9 Å². The van der Waals surface area contributed by atoms with E-state index in [4.69, 9.17) is 11.6 Å². The molecular formula is C16H17ClN2O. The molecule has 0 aliphatic heterocycles. The van der Waals surface area contributed by atoms with Crippen molar-refractivity contribution in [3.63, 3.8) is 0 Å². The number of aromatic nitrogens is 2. The van der Waals surface area contributed by atoms with Gasteiger partial charge in [0.05, 0.1) is 28.2 Å². The van der Waals surface area contributed by atoms with E-state index >= 15 is 0 Å². The highest BCUT2D eigenvalue weighted by molar-refractivity contribution is 6.32. The Morgan fingerprint density at radius 3 is 2.50 bits per heavy atom. The van der Waals surface area contributed by atoms with Crippen LogP contribution >= 0.6 is 11.6 Å². The zero-order valence-corrected chi connectivity index (χ0v) is 12.4. The summed E-state index contributed by atoms with van der Waals surface area (Å²) in [7, 11) is 1.84. The number of halogens is 1. The van der Waals surface area contributed by atoms with Crippen molar-refractivity contribution in [3.05, 3.63) is 52.3 Å². The molecule has 0 saturated heterocycles. The van der Waals surface area contributed by atoms with Crippen molar-refractivity contribution in [1.82, 2.24) is 9.78 Å². The molecule has 0 unspecified atom stereocenters. The average molecular weight is 289 g/mol. The number of nitrogens with zero attached hydrogens (tertiary/aromatic N) is 2.